The summed E-state index contributed by atoms with van der Waals surface area (Å²) in [6, 6.07) is 0. The van der Waals surface area contributed by atoms with E-state index in [1.807, 2.05) is 20.8 Å². The number of carbonyl (C=O) groups is 1. The minimum atomic E-state index is -0.450. The van der Waals surface area contributed by atoms with Gasteiger partial charge in [-0.3, -0.25) is 0 Å². The Kier molecular flexibility index (Phi) is 5.02. The van der Waals surface area contributed by atoms with Crippen molar-refractivity contribution in [2.75, 3.05) is 26.4 Å². The maximum atomic E-state index is 11.2. The molecule has 0 aromatic rings. The molecule has 0 aromatic heterocycles. The summed E-state index contributed by atoms with van der Waals surface area (Å²) in [4.78, 5) is 11.2. The van der Waals surface area contributed by atoms with E-state index >= 15 is 0 Å². The molecule has 0 aromatic carbocycles. The summed E-state index contributed by atoms with van der Waals surface area (Å²) in [5.41, 5.74) is -0.450. The van der Waals surface area contributed by atoms with Gasteiger partial charge in [0.05, 0.1) is 19.3 Å². The fourth-order valence-corrected chi connectivity index (χ4v) is 1.09. The molecule has 1 aliphatic rings. The molecule has 5 heteroatoms. The van der Waals surface area contributed by atoms with E-state index in [0.29, 0.717) is 25.9 Å². The second kappa shape index (κ2) is 6.06. The Balaban J connectivity index is 1.87. The van der Waals surface area contributed by atoms with E-state index in [4.69, 9.17) is 14.2 Å². The largest absolute Gasteiger partial charge is 0.444 e. The first kappa shape index (κ1) is 13.3. The first-order valence-electron chi connectivity index (χ1n) is 5.63. The van der Waals surface area contributed by atoms with Gasteiger partial charge < -0.3 is 19.5 Å². The maximum absolute atomic E-state index is 11.2. The number of rotatable bonds is 6. The van der Waals surface area contributed by atoms with Gasteiger partial charge in [0.25, 0.3) is 0 Å². The van der Waals surface area contributed by atoms with Crippen LogP contribution in [0.4, 0.5) is 4.79 Å². The van der Waals surface area contributed by atoms with Crippen LogP contribution in [-0.4, -0.2) is 44.2 Å². The molecule has 5 nitrogen and oxygen atoms in total. The molecule has 0 spiro atoms. The van der Waals surface area contributed by atoms with E-state index in [1.54, 1.807) is 0 Å². The second-order valence-corrected chi connectivity index (χ2v) is 4.79. The fourth-order valence-electron chi connectivity index (χ4n) is 1.09. The van der Waals surface area contributed by atoms with Crippen LogP contribution in [0.5, 0.6) is 0 Å². The highest BCUT2D eigenvalue weighted by molar-refractivity contribution is 5.67. The fraction of sp³-hybridized carbons (Fsp3) is 0.909. The molecule has 1 unspecified atom stereocenters. The summed E-state index contributed by atoms with van der Waals surface area (Å²) in [5.74, 6) is 0. The Bertz CT molecular complexity index is 221. The van der Waals surface area contributed by atoms with Crippen molar-refractivity contribution in [3.63, 3.8) is 0 Å². The van der Waals surface area contributed by atoms with Crippen LogP contribution >= 0.6 is 0 Å². The van der Waals surface area contributed by atoms with E-state index in [2.05, 4.69) is 5.32 Å². The number of hydrogen-bond donors (Lipinski definition) is 1. The Morgan fingerprint density at radius 3 is 2.69 bits per heavy atom. The highest BCUT2D eigenvalue weighted by Crippen LogP contribution is 2.12. The molecule has 0 bridgehead atoms. The monoisotopic (exact) mass is 231 g/mol. The quantitative estimate of drug-likeness (QED) is 0.553. The number of ether oxygens (including phenoxy) is 3. The third kappa shape index (κ3) is 7.48. The zero-order valence-corrected chi connectivity index (χ0v) is 10.2. The number of carbonyl (C=O) groups excluding carboxylic acids is 1. The highest BCUT2D eigenvalue weighted by Gasteiger charge is 2.21. The lowest BCUT2D eigenvalue weighted by Crippen LogP contribution is -2.34. The van der Waals surface area contributed by atoms with Gasteiger partial charge in [-0.1, -0.05) is 0 Å². The van der Waals surface area contributed by atoms with Gasteiger partial charge in [-0.25, -0.2) is 4.79 Å². The summed E-state index contributed by atoms with van der Waals surface area (Å²) in [7, 11) is 0. The van der Waals surface area contributed by atoms with E-state index in [9.17, 15) is 4.79 Å². The summed E-state index contributed by atoms with van der Waals surface area (Å²) in [6.45, 7) is 8.02. The number of epoxide rings is 1. The first-order valence-corrected chi connectivity index (χ1v) is 5.63. The normalized spacial score (nSPS) is 19.3. The lowest BCUT2D eigenvalue weighted by atomic mass is 10.2. The minimum absolute atomic E-state index is 0.401. The Morgan fingerprint density at radius 2 is 2.12 bits per heavy atom. The van der Waals surface area contributed by atoms with Crippen LogP contribution in [0.3, 0.4) is 0 Å². The van der Waals surface area contributed by atoms with Crippen molar-refractivity contribution in [3.05, 3.63) is 0 Å². The van der Waals surface area contributed by atoms with E-state index in [1.165, 1.54) is 0 Å². The SMILES string of the molecule is CC(C)(C)OC(=O)NCCOCCC1CO1. The zero-order valence-electron chi connectivity index (χ0n) is 10.2. The molecule has 1 fully saturated rings. The summed E-state index contributed by atoms with van der Waals surface area (Å²) in [6.07, 6.45) is 0.937. The standard InChI is InChI=1S/C11H21NO4/c1-11(2,3)16-10(13)12-5-7-14-6-4-9-8-15-9/h9H,4-8H2,1-3H3,(H,12,13). The van der Waals surface area contributed by atoms with Gasteiger partial charge in [-0.05, 0) is 27.2 Å². The predicted molar refractivity (Wildman–Crippen MR) is 59.4 cm³/mol. The van der Waals surface area contributed by atoms with Crippen LogP contribution in [0.1, 0.15) is 27.2 Å². The molecule has 16 heavy (non-hydrogen) atoms. The van der Waals surface area contributed by atoms with Gasteiger partial charge in [-0.2, -0.15) is 0 Å². The molecule has 1 amide bonds. The van der Waals surface area contributed by atoms with Gasteiger partial charge in [-0.15, -0.1) is 0 Å². The average molecular weight is 231 g/mol. The molecule has 1 aliphatic heterocycles. The molecular weight excluding hydrogens is 210 g/mol. The zero-order chi connectivity index (χ0) is 12.0. The summed E-state index contributed by atoms with van der Waals surface area (Å²) >= 11 is 0. The van der Waals surface area contributed by atoms with Crippen LogP contribution in [0, 0.1) is 0 Å². The predicted octanol–water partition coefficient (Wildman–Crippen LogP) is 1.32. The molecule has 1 heterocycles. The van der Waals surface area contributed by atoms with Crippen molar-refractivity contribution in [1.82, 2.24) is 5.32 Å². The molecule has 0 aliphatic carbocycles. The number of amides is 1. The molecule has 1 saturated heterocycles. The van der Waals surface area contributed by atoms with Crippen molar-refractivity contribution in [3.8, 4) is 0 Å². The van der Waals surface area contributed by atoms with Crippen LogP contribution in [-0.2, 0) is 14.2 Å². The Labute approximate surface area is 96.4 Å². The van der Waals surface area contributed by atoms with Crippen molar-refractivity contribution in [2.45, 2.75) is 38.9 Å². The van der Waals surface area contributed by atoms with Crippen LogP contribution in [0.15, 0.2) is 0 Å². The molecule has 1 rings (SSSR count). The number of nitrogens with one attached hydrogen (secondary N) is 1. The van der Waals surface area contributed by atoms with Gasteiger partial charge in [0.1, 0.15) is 5.60 Å². The van der Waals surface area contributed by atoms with Crippen molar-refractivity contribution < 1.29 is 19.0 Å². The maximum Gasteiger partial charge on any atom is 0.407 e. The second-order valence-electron chi connectivity index (χ2n) is 4.79. The van der Waals surface area contributed by atoms with E-state index in [-0.39, 0.29) is 0 Å². The minimum Gasteiger partial charge on any atom is -0.444 e. The Morgan fingerprint density at radius 1 is 1.44 bits per heavy atom. The van der Waals surface area contributed by atoms with Crippen LogP contribution in [0.2, 0.25) is 0 Å². The van der Waals surface area contributed by atoms with Gasteiger partial charge in [0.2, 0.25) is 0 Å². The number of hydrogen-bond acceptors (Lipinski definition) is 4. The Hall–Kier alpha value is -0.810. The lowest BCUT2D eigenvalue weighted by Gasteiger charge is -2.19. The van der Waals surface area contributed by atoms with Gasteiger partial charge in [0.15, 0.2) is 0 Å². The van der Waals surface area contributed by atoms with Crippen molar-refractivity contribution in [2.24, 2.45) is 0 Å². The number of alkyl carbamates (subject to hydrolysis) is 1. The van der Waals surface area contributed by atoms with Crippen molar-refractivity contribution in [1.29, 1.82) is 0 Å². The van der Waals surface area contributed by atoms with Crippen molar-refractivity contribution >= 4 is 6.09 Å². The van der Waals surface area contributed by atoms with E-state index in [0.717, 1.165) is 13.0 Å². The topological polar surface area (TPSA) is 60.1 Å². The molecule has 0 radical (unpaired) electrons. The summed E-state index contributed by atoms with van der Waals surface area (Å²) in [5, 5.41) is 2.63. The van der Waals surface area contributed by atoms with Gasteiger partial charge in [0, 0.05) is 13.2 Å². The molecule has 0 saturated carbocycles. The third-order valence-electron chi connectivity index (χ3n) is 1.90. The molecule has 1 atom stereocenters. The third-order valence-corrected chi connectivity index (χ3v) is 1.90. The first-order chi connectivity index (χ1) is 7.47. The molecule has 1 N–H and O–H groups in total. The van der Waals surface area contributed by atoms with Crippen LogP contribution < -0.4 is 5.32 Å². The van der Waals surface area contributed by atoms with E-state index < -0.39 is 11.7 Å². The highest BCUT2D eigenvalue weighted by atomic mass is 16.6. The molecular formula is C11H21NO4. The van der Waals surface area contributed by atoms with Gasteiger partial charge >= 0.3 is 6.09 Å². The molecule has 94 valence electrons. The average Bonchev–Trinajstić information content (AvgIpc) is 2.91. The smallest absolute Gasteiger partial charge is 0.407 e. The summed E-state index contributed by atoms with van der Waals surface area (Å²) < 4.78 is 15.4. The van der Waals surface area contributed by atoms with Crippen LogP contribution in [0.25, 0.3) is 0 Å². The lowest BCUT2D eigenvalue weighted by molar-refractivity contribution is 0.0497.